The molecule has 6 nitrogen and oxygen atoms in total. The van der Waals surface area contributed by atoms with E-state index in [-0.39, 0.29) is 5.75 Å². The summed E-state index contributed by atoms with van der Waals surface area (Å²) in [7, 11) is -2.43. The standard InChI is InChI=1S/C13H18N2O4S/c1-14(19-13(16)15-9-5-6-10-15)20(17,18)11-12-7-3-2-4-8-12/h2-4,7-8H,5-6,9-11H2,1H3. The van der Waals surface area contributed by atoms with Crippen LogP contribution in [0, 0.1) is 0 Å². The predicted octanol–water partition coefficient (Wildman–Crippen LogP) is 1.60. The third kappa shape index (κ3) is 3.71. The minimum atomic E-state index is -3.67. The first-order valence-corrected chi connectivity index (χ1v) is 8.07. The lowest BCUT2D eigenvalue weighted by molar-refractivity contribution is -0.0197. The number of sulfonamides is 1. The van der Waals surface area contributed by atoms with Crippen molar-refractivity contribution in [1.29, 1.82) is 0 Å². The zero-order valence-electron chi connectivity index (χ0n) is 11.4. The van der Waals surface area contributed by atoms with E-state index in [1.165, 1.54) is 11.9 Å². The maximum absolute atomic E-state index is 12.1. The molecule has 1 aromatic rings. The zero-order valence-corrected chi connectivity index (χ0v) is 12.2. The van der Waals surface area contributed by atoms with Crippen molar-refractivity contribution in [3.8, 4) is 0 Å². The van der Waals surface area contributed by atoms with Crippen LogP contribution in [0.4, 0.5) is 4.79 Å². The van der Waals surface area contributed by atoms with Crippen molar-refractivity contribution in [1.82, 2.24) is 9.37 Å². The van der Waals surface area contributed by atoms with Crippen LogP contribution in [0.25, 0.3) is 0 Å². The van der Waals surface area contributed by atoms with Gasteiger partial charge in [0, 0.05) is 20.1 Å². The van der Waals surface area contributed by atoms with Crippen LogP contribution in [-0.2, 0) is 20.6 Å². The molecule has 1 aromatic carbocycles. The van der Waals surface area contributed by atoms with E-state index in [9.17, 15) is 13.2 Å². The summed E-state index contributed by atoms with van der Waals surface area (Å²) >= 11 is 0. The van der Waals surface area contributed by atoms with Crippen molar-refractivity contribution in [3.05, 3.63) is 35.9 Å². The number of amides is 1. The van der Waals surface area contributed by atoms with Gasteiger partial charge >= 0.3 is 6.09 Å². The minimum absolute atomic E-state index is 0.197. The van der Waals surface area contributed by atoms with Crippen LogP contribution in [0.5, 0.6) is 0 Å². The number of benzene rings is 1. The molecule has 0 N–H and O–H groups in total. The Labute approximate surface area is 118 Å². The molecule has 1 saturated heterocycles. The molecule has 1 aliphatic rings. The number of likely N-dealkylation sites (tertiary alicyclic amines) is 1. The molecule has 0 radical (unpaired) electrons. The lowest BCUT2D eigenvalue weighted by atomic mass is 10.2. The Kier molecular flexibility index (Phi) is 4.61. The molecule has 0 unspecified atom stereocenters. The van der Waals surface area contributed by atoms with E-state index < -0.39 is 16.1 Å². The molecule has 0 bridgehead atoms. The van der Waals surface area contributed by atoms with Gasteiger partial charge in [0.25, 0.3) is 0 Å². The molecule has 1 fully saturated rings. The second-order valence-electron chi connectivity index (χ2n) is 4.70. The van der Waals surface area contributed by atoms with Gasteiger partial charge < -0.3 is 9.74 Å². The predicted molar refractivity (Wildman–Crippen MR) is 74.1 cm³/mol. The normalized spacial score (nSPS) is 15.6. The molecule has 20 heavy (non-hydrogen) atoms. The molecular weight excluding hydrogens is 280 g/mol. The summed E-state index contributed by atoms with van der Waals surface area (Å²) in [5.41, 5.74) is 0.650. The number of hydrogen-bond acceptors (Lipinski definition) is 4. The van der Waals surface area contributed by atoms with Crippen molar-refractivity contribution in [2.24, 2.45) is 0 Å². The zero-order chi connectivity index (χ0) is 14.6. The van der Waals surface area contributed by atoms with Gasteiger partial charge in [-0.3, -0.25) is 0 Å². The van der Waals surface area contributed by atoms with Crippen LogP contribution in [0.1, 0.15) is 18.4 Å². The monoisotopic (exact) mass is 298 g/mol. The summed E-state index contributed by atoms with van der Waals surface area (Å²) in [5.74, 6) is -0.197. The Bertz CT molecular complexity index is 553. The maximum atomic E-state index is 12.1. The maximum Gasteiger partial charge on any atom is 0.429 e. The van der Waals surface area contributed by atoms with Crippen molar-refractivity contribution in [2.75, 3.05) is 20.1 Å². The number of carbonyl (C=O) groups excluding carboxylic acids is 1. The van der Waals surface area contributed by atoms with E-state index in [2.05, 4.69) is 0 Å². The van der Waals surface area contributed by atoms with Gasteiger partial charge in [0.1, 0.15) is 0 Å². The summed E-state index contributed by atoms with van der Waals surface area (Å²) in [6.45, 7) is 1.23. The molecule has 1 amide bonds. The fourth-order valence-electron chi connectivity index (χ4n) is 2.00. The smallest absolute Gasteiger partial charge is 0.336 e. The van der Waals surface area contributed by atoms with Gasteiger partial charge in [-0.05, 0) is 22.9 Å². The fraction of sp³-hybridized carbons (Fsp3) is 0.462. The molecule has 0 aliphatic carbocycles. The molecule has 1 heterocycles. The number of nitrogens with zero attached hydrogens (tertiary/aromatic N) is 2. The quantitative estimate of drug-likeness (QED) is 0.792. The van der Waals surface area contributed by atoms with E-state index >= 15 is 0 Å². The molecule has 0 aromatic heterocycles. The Balaban J connectivity index is 1.96. The number of carbonyl (C=O) groups is 1. The van der Waals surface area contributed by atoms with E-state index in [1.54, 1.807) is 24.3 Å². The average molecular weight is 298 g/mol. The summed E-state index contributed by atoms with van der Waals surface area (Å²) in [5, 5.41) is 0. The average Bonchev–Trinajstić information content (AvgIpc) is 2.93. The molecule has 0 spiro atoms. The fourth-order valence-corrected chi connectivity index (χ4v) is 2.97. The van der Waals surface area contributed by atoms with Crippen LogP contribution in [0.15, 0.2) is 30.3 Å². The third-order valence-electron chi connectivity index (χ3n) is 3.15. The van der Waals surface area contributed by atoms with Crippen molar-refractivity contribution in [3.63, 3.8) is 0 Å². The highest BCUT2D eigenvalue weighted by Crippen LogP contribution is 2.13. The molecular formula is C13H18N2O4S. The second kappa shape index (κ2) is 6.23. The SMILES string of the molecule is CN(OC(=O)N1CCCC1)S(=O)(=O)Cc1ccccc1. The topological polar surface area (TPSA) is 66.9 Å². The molecule has 1 aliphatic heterocycles. The van der Waals surface area contributed by atoms with Crippen LogP contribution >= 0.6 is 0 Å². The Morgan fingerprint density at radius 3 is 2.45 bits per heavy atom. The van der Waals surface area contributed by atoms with E-state index in [1.807, 2.05) is 6.07 Å². The number of hydrogen-bond donors (Lipinski definition) is 0. The van der Waals surface area contributed by atoms with Gasteiger partial charge in [-0.2, -0.15) is 0 Å². The Morgan fingerprint density at radius 1 is 1.25 bits per heavy atom. The first kappa shape index (κ1) is 14.8. The van der Waals surface area contributed by atoms with Gasteiger partial charge in [0.15, 0.2) is 0 Å². The molecule has 2 rings (SSSR count). The Morgan fingerprint density at radius 2 is 1.85 bits per heavy atom. The van der Waals surface area contributed by atoms with Crippen LogP contribution in [0.3, 0.4) is 0 Å². The highest BCUT2D eigenvalue weighted by molar-refractivity contribution is 7.88. The first-order chi connectivity index (χ1) is 9.49. The van der Waals surface area contributed by atoms with Gasteiger partial charge in [0.05, 0.1) is 5.75 Å². The highest BCUT2D eigenvalue weighted by atomic mass is 32.2. The van der Waals surface area contributed by atoms with Crippen molar-refractivity contribution in [2.45, 2.75) is 18.6 Å². The second-order valence-corrected chi connectivity index (χ2v) is 6.67. The van der Waals surface area contributed by atoms with E-state index in [0.29, 0.717) is 23.1 Å². The van der Waals surface area contributed by atoms with E-state index in [4.69, 9.17) is 4.84 Å². The minimum Gasteiger partial charge on any atom is -0.336 e. The third-order valence-corrected chi connectivity index (χ3v) is 4.71. The van der Waals surface area contributed by atoms with Gasteiger partial charge in [-0.25, -0.2) is 13.2 Å². The summed E-state index contributed by atoms with van der Waals surface area (Å²) in [4.78, 5) is 18.2. The summed E-state index contributed by atoms with van der Waals surface area (Å²) < 4.78 is 24.8. The van der Waals surface area contributed by atoms with Crippen molar-refractivity contribution < 1.29 is 18.0 Å². The lowest BCUT2D eigenvalue weighted by Crippen LogP contribution is -2.37. The number of hydroxylamine groups is 1. The molecule has 7 heteroatoms. The highest BCUT2D eigenvalue weighted by Gasteiger charge is 2.26. The molecule has 0 atom stereocenters. The molecule has 0 saturated carbocycles. The van der Waals surface area contributed by atoms with Crippen molar-refractivity contribution >= 4 is 16.1 Å². The van der Waals surface area contributed by atoms with Crippen LogP contribution < -0.4 is 0 Å². The van der Waals surface area contributed by atoms with E-state index in [0.717, 1.165) is 12.8 Å². The Hall–Kier alpha value is -1.60. The van der Waals surface area contributed by atoms with Gasteiger partial charge in [-0.15, -0.1) is 0 Å². The molecule has 110 valence electrons. The first-order valence-electron chi connectivity index (χ1n) is 6.46. The number of rotatable bonds is 4. The summed E-state index contributed by atoms with van der Waals surface area (Å²) in [6.07, 6.45) is 1.24. The summed E-state index contributed by atoms with van der Waals surface area (Å²) in [6, 6.07) is 8.77. The largest absolute Gasteiger partial charge is 0.429 e. The van der Waals surface area contributed by atoms with Crippen LogP contribution in [0.2, 0.25) is 0 Å². The lowest BCUT2D eigenvalue weighted by Gasteiger charge is -2.20. The van der Waals surface area contributed by atoms with Gasteiger partial charge in [-0.1, -0.05) is 30.3 Å². The van der Waals surface area contributed by atoms with Crippen LogP contribution in [-0.4, -0.2) is 44.0 Å². The van der Waals surface area contributed by atoms with Gasteiger partial charge in [0.2, 0.25) is 10.0 Å².